The minimum atomic E-state index is -0.0731. The van der Waals surface area contributed by atoms with E-state index in [1.807, 2.05) is 13.1 Å². The van der Waals surface area contributed by atoms with E-state index in [2.05, 4.69) is 12.2 Å². The Kier molecular flexibility index (Phi) is 4.43. The van der Waals surface area contributed by atoms with Crippen LogP contribution < -0.4 is 5.32 Å². The van der Waals surface area contributed by atoms with Crippen LogP contribution in [0.4, 0.5) is 0 Å². The molecule has 1 aromatic carbocycles. The number of aromatic hydroxyl groups is 1. The SMILES string of the molecule is CC1CCCNC1C(=O)N(C)Cc1cccc(O)c1. The second-order valence-electron chi connectivity index (χ2n) is 5.42. The van der Waals surface area contributed by atoms with Gasteiger partial charge in [-0.25, -0.2) is 0 Å². The average Bonchev–Trinajstić information content (AvgIpc) is 2.38. The van der Waals surface area contributed by atoms with Crippen LogP contribution in [0, 0.1) is 5.92 Å². The first-order valence-corrected chi connectivity index (χ1v) is 6.84. The van der Waals surface area contributed by atoms with Gasteiger partial charge >= 0.3 is 0 Å². The summed E-state index contributed by atoms with van der Waals surface area (Å²) in [5.41, 5.74) is 0.944. The Labute approximate surface area is 114 Å². The summed E-state index contributed by atoms with van der Waals surface area (Å²) in [4.78, 5) is 14.1. The molecule has 1 heterocycles. The van der Waals surface area contributed by atoms with Crippen molar-refractivity contribution in [2.75, 3.05) is 13.6 Å². The predicted molar refractivity (Wildman–Crippen MR) is 74.8 cm³/mol. The number of amides is 1. The minimum absolute atomic E-state index is 0.0731. The third-order valence-corrected chi connectivity index (χ3v) is 3.74. The summed E-state index contributed by atoms with van der Waals surface area (Å²) >= 11 is 0. The van der Waals surface area contributed by atoms with Crippen molar-refractivity contribution in [3.8, 4) is 5.75 Å². The van der Waals surface area contributed by atoms with Crippen LogP contribution in [0.5, 0.6) is 5.75 Å². The maximum Gasteiger partial charge on any atom is 0.240 e. The second kappa shape index (κ2) is 6.06. The highest BCUT2D eigenvalue weighted by molar-refractivity contribution is 5.82. The Morgan fingerprint density at radius 2 is 2.32 bits per heavy atom. The van der Waals surface area contributed by atoms with Crippen LogP contribution >= 0.6 is 0 Å². The largest absolute Gasteiger partial charge is 0.508 e. The molecule has 0 aliphatic carbocycles. The number of hydrogen-bond donors (Lipinski definition) is 2. The third kappa shape index (κ3) is 3.47. The molecule has 4 heteroatoms. The van der Waals surface area contributed by atoms with Crippen molar-refractivity contribution >= 4 is 5.91 Å². The molecule has 1 fully saturated rings. The quantitative estimate of drug-likeness (QED) is 0.872. The number of benzene rings is 1. The molecule has 0 radical (unpaired) electrons. The van der Waals surface area contributed by atoms with Crippen molar-refractivity contribution in [1.82, 2.24) is 10.2 Å². The summed E-state index contributed by atoms with van der Waals surface area (Å²) in [6.45, 7) is 3.57. The van der Waals surface area contributed by atoms with Crippen LogP contribution in [-0.2, 0) is 11.3 Å². The van der Waals surface area contributed by atoms with Crippen molar-refractivity contribution in [3.05, 3.63) is 29.8 Å². The van der Waals surface area contributed by atoms with Gasteiger partial charge in [-0.1, -0.05) is 19.1 Å². The van der Waals surface area contributed by atoms with Gasteiger partial charge in [0, 0.05) is 13.6 Å². The predicted octanol–water partition coefficient (Wildman–Crippen LogP) is 1.74. The zero-order valence-corrected chi connectivity index (χ0v) is 11.6. The second-order valence-corrected chi connectivity index (χ2v) is 5.42. The molecule has 0 spiro atoms. The van der Waals surface area contributed by atoms with Gasteiger partial charge in [0.25, 0.3) is 0 Å². The molecule has 2 N–H and O–H groups in total. The molecule has 2 unspecified atom stereocenters. The summed E-state index contributed by atoms with van der Waals surface area (Å²) in [6.07, 6.45) is 2.24. The van der Waals surface area contributed by atoms with E-state index in [1.54, 1.807) is 23.1 Å². The van der Waals surface area contributed by atoms with Gasteiger partial charge in [-0.2, -0.15) is 0 Å². The summed E-state index contributed by atoms with van der Waals surface area (Å²) in [5, 5.41) is 12.7. The lowest BCUT2D eigenvalue weighted by Gasteiger charge is -2.32. The number of piperidine rings is 1. The van der Waals surface area contributed by atoms with E-state index in [1.165, 1.54) is 0 Å². The zero-order valence-electron chi connectivity index (χ0n) is 11.6. The Morgan fingerprint density at radius 1 is 1.53 bits per heavy atom. The number of likely N-dealkylation sites (N-methyl/N-ethyl adjacent to an activating group) is 1. The number of carbonyl (C=O) groups is 1. The Hall–Kier alpha value is -1.55. The Bertz CT molecular complexity index is 448. The first-order valence-electron chi connectivity index (χ1n) is 6.84. The lowest BCUT2D eigenvalue weighted by Crippen LogP contribution is -2.51. The molecule has 2 atom stereocenters. The molecule has 0 bridgehead atoms. The van der Waals surface area contributed by atoms with Crippen LogP contribution in [0.2, 0.25) is 0 Å². The Balaban J connectivity index is 1.99. The van der Waals surface area contributed by atoms with Crippen LogP contribution in [0.3, 0.4) is 0 Å². The van der Waals surface area contributed by atoms with Gasteiger partial charge in [0.05, 0.1) is 6.04 Å². The van der Waals surface area contributed by atoms with E-state index in [4.69, 9.17) is 0 Å². The number of hydrogen-bond acceptors (Lipinski definition) is 3. The molecule has 1 saturated heterocycles. The molecule has 1 aliphatic heterocycles. The topological polar surface area (TPSA) is 52.6 Å². The number of carbonyl (C=O) groups excluding carboxylic acids is 1. The normalized spacial score (nSPS) is 23.1. The Morgan fingerprint density at radius 3 is 3.00 bits per heavy atom. The number of phenolic OH excluding ortho intramolecular Hbond substituents is 1. The van der Waals surface area contributed by atoms with Crippen LogP contribution in [0.1, 0.15) is 25.3 Å². The van der Waals surface area contributed by atoms with E-state index in [9.17, 15) is 9.90 Å². The summed E-state index contributed by atoms with van der Waals surface area (Å²) in [6, 6.07) is 6.97. The maximum atomic E-state index is 12.4. The first-order chi connectivity index (χ1) is 9.08. The molecular weight excluding hydrogens is 240 g/mol. The monoisotopic (exact) mass is 262 g/mol. The van der Waals surface area contributed by atoms with Gasteiger partial charge in [-0.15, -0.1) is 0 Å². The molecular formula is C15H22N2O2. The first kappa shape index (κ1) is 13.9. The highest BCUT2D eigenvalue weighted by Gasteiger charge is 2.29. The molecule has 104 valence electrons. The molecule has 1 aliphatic rings. The molecule has 0 saturated carbocycles. The van der Waals surface area contributed by atoms with Crippen molar-refractivity contribution in [3.63, 3.8) is 0 Å². The molecule has 0 aromatic heterocycles. The lowest BCUT2D eigenvalue weighted by atomic mass is 9.92. The number of nitrogens with zero attached hydrogens (tertiary/aromatic N) is 1. The summed E-state index contributed by atoms with van der Waals surface area (Å²) in [7, 11) is 1.81. The van der Waals surface area contributed by atoms with Gasteiger partial charge < -0.3 is 15.3 Å². The van der Waals surface area contributed by atoms with E-state index in [0.29, 0.717) is 12.5 Å². The van der Waals surface area contributed by atoms with E-state index in [-0.39, 0.29) is 17.7 Å². The molecule has 19 heavy (non-hydrogen) atoms. The number of phenols is 1. The van der Waals surface area contributed by atoms with Gasteiger partial charge in [0.1, 0.15) is 5.75 Å². The molecule has 2 rings (SSSR count). The van der Waals surface area contributed by atoms with Crippen molar-refractivity contribution in [2.45, 2.75) is 32.4 Å². The third-order valence-electron chi connectivity index (χ3n) is 3.74. The van der Waals surface area contributed by atoms with Gasteiger partial charge in [-0.05, 0) is 43.0 Å². The highest BCUT2D eigenvalue weighted by atomic mass is 16.3. The van der Waals surface area contributed by atoms with E-state index < -0.39 is 0 Å². The van der Waals surface area contributed by atoms with Crippen LogP contribution in [0.15, 0.2) is 24.3 Å². The number of nitrogens with one attached hydrogen (secondary N) is 1. The van der Waals surface area contributed by atoms with Crippen LogP contribution in [-0.4, -0.2) is 35.5 Å². The summed E-state index contributed by atoms with van der Waals surface area (Å²) < 4.78 is 0. The van der Waals surface area contributed by atoms with Crippen molar-refractivity contribution in [1.29, 1.82) is 0 Å². The highest BCUT2D eigenvalue weighted by Crippen LogP contribution is 2.18. The van der Waals surface area contributed by atoms with Gasteiger partial charge in [-0.3, -0.25) is 4.79 Å². The lowest BCUT2D eigenvalue weighted by molar-refractivity contribution is -0.134. The molecule has 1 amide bonds. The van der Waals surface area contributed by atoms with Gasteiger partial charge in [0.15, 0.2) is 0 Å². The number of rotatable bonds is 3. The fraction of sp³-hybridized carbons (Fsp3) is 0.533. The average molecular weight is 262 g/mol. The summed E-state index contributed by atoms with van der Waals surface area (Å²) in [5.74, 6) is 0.755. The molecule has 1 aromatic rings. The van der Waals surface area contributed by atoms with Gasteiger partial charge in [0.2, 0.25) is 5.91 Å². The van der Waals surface area contributed by atoms with Crippen LogP contribution in [0.25, 0.3) is 0 Å². The van der Waals surface area contributed by atoms with E-state index >= 15 is 0 Å². The smallest absolute Gasteiger partial charge is 0.240 e. The van der Waals surface area contributed by atoms with E-state index in [0.717, 1.165) is 24.9 Å². The van der Waals surface area contributed by atoms with Crippen molar-refractivity contribution < 1.29 is 9.90 Å². The minimum Gasteiger partial charge on any atom is -0.508 e. The zero-order chi connectivity index (χ0) is 13.8. The van der Waals surface area contributed by atoms with Crippen molar-refractivity contribution in [2.24, 2.45) is 5.92 Å². The maximum absolute atomic E-state index is 12.4. The fourth-order valence-electron chi connectivity index (χ4n) is 2.62. The fourth-order valence-corrected chi connectivity index (χ4v) is 2.62. The standard InChI is InChI=1S/C15H22N2O2/c1-11-5-4-8-16-14(11)15(19)17(2)10-12-6-3-7-13(18)9-12/h3,6-7,9,11,14,16,18H,4-5,8,10H2,1-2H3. The molecule has 4 nitrogen and oxygen atoms in total.